The Hall–Kier alpha value is -1.70. The highest BCUT2D eigenvalue weighted by atomic mass is 19.2. The summed E-state index contributed by atoms with van der Waals surface area (Å²) in [7, 11) is 0. The van der Waals surface area contributed by atoms with Crippen LogP contribution in [0, 0.1) is 0 Å². The lowest BCUT2D eigenvalue weighted by molar-refractivity contribution is 0.672. The topological polar surface area (TPSA) is 0 Å². The summed E-state index contributed by atoms with van der Waals surface area (Å²) < 4.78 is 25.1. The molecule has 2 aromatic rings. The van der Waals surface area contributed by atoms with E-state index in [-0.39, 0.29) is 6.33 Å². The highest BCUT2D eigenvalue weighted by molar-refractivity contribution is 5.92. The van der Waals surface area contributed by atoms with E-state index >= 15 is 0 Å². The first-order chi connectivity index (χ1) is 6.83. The van der Waals surface area contributed by atoms with Crippen LogP contribution in [0.2, 0.25) is 0 Å². The summed E-state index contributed by atoms with van der Waals surface area (Å²) in [5.41, 5.74) is 0.297. The zero-order chi connectivity index (χ0) is 9.97. The minimum atomic E-state index is -0.832. The Labute approximate surface area is 80.5 Å². The van der Waals surface area contributed by atoms with Crippen molar-refractivity contribution in [3.63, 3.8) is 0 Å². The van der Waals surface area contributed by atoms with Gasteiger partial charge in [-0.2, -0.15) is 0 Å². The van der Waals surface area contributed by atoms with Gasteiger partial charge in [0.1, 0.15) is 6.33 Å². The molecule has 0 aliphatic carbocycles. The molecule has 2 aromatic carbocycles. The van der Waals surface area contributed by atoms with Gasteiger partial charge in [0.2, 0.25) is 0 Å². The number of rotatable bonds is 1. The molecule has 0 heterocycles. The molecule has 0 saturated heterocycles. The monoisotopic (exact) mass is 190 g/mol. The van der Waals surface area contributed by atoms with Crippen LogP contribution in [-0.2, 0) is 0 Å². The molecule has 2 heteroatoms. The fraction of sp³-hybridized carbons (Fsp3) is 0. The molecule has 0 saturated carbocycles. The molecule has 0 atom stereocenters. The Morgan fingerprint density at radius 1 is 1.00 bits per heavy atom. The van der Waals surface area contributed by atoms with Crippen molar-refractivity contribution in [3.05, 3.63) is 54.4 Å². The zero-order valence-electron chi connectivity index (χ0n) is 7.37. The molecule has 0 N–H and O–H groups in total. The van der Waals surface area contributed by atoms with Crippen molar-refractivity contribution in [3.8, 4) is 0 Å². The molecular formula is C12H8F2. The molecule has 0 unspecified atom stereocenters. The van der Waals surface area contributed by atoms with E-state index in [9.17, 15) is 8.78 Å². The predicted molar refractivity (Wildman–Crippen MR) is 54.1 cm³/mol. The van der Waals surface area contributed by atoms with Crippen LogP contribution in [0.1, 0.15) is 5.56 Å². The summed E-state index contributed by atoms with van der Waals surface area (Å²) in [6.07, 6.45) is -0.0121. The Morgan fingerprint density at radius 2 is 1.71 bits per heavy atom. The smallest absolute Gasteiger partial charge is 0.159 e. The highest BCUT2D eigenvalue weighted by Gasteiger charge is 2.04. The van der Waals surface area contributed by atoms with Gasteiger partial charge >= 0.3 is 0 Å². The van der Waals surface area contributed by atoms with Crippen LogP contribution >= 0.6 is 0 Å². The van der Waals surface area contributed by atoms with Crippen LogP contribution in [0.4, 0.5) is 8.78 Å². The van der Waals surface area contributed by atoms with Crippen molar-refractivity contribution < 1.29 is 8.78 Å². The first-order valence-corrected chi connectivity index (χ1v) is 4.27. The summed E-state index contributed by atoms with van der Waals surface area (Å²) in [5, 5.41) is 1.63. The largest absolute Gasteiger partial charge is 0.212 e. The standard InChI is InChI=1S/C12H8F2/c13-8-12(14)11-7-3-5-9-4-1-2-6-10(9)11/h1-8H. The van der Waals surface area contributed by atoms with Gasteiger partial charge in [0.15, 0.2) is 5.83 Å². The SMILES string of the molecule is FC=C(F)c1cccc2ccccc12. The molecule has 14 heavy (non-hydrogen) atoms. The van der Waals surface area contributed by atoms with Crippen LogP contribution in [0.5, 0.6) is 0 Å². The maximum absolute atomic E-state index is 13.1. The third kappa shape index (κ3) is 1.39. The van der Waals surface area contributed by atoms with Gasteiger partial charge in [-0.15, -0.1) is 0 Å². The number of hydrogen-bond donors (Lipinski definition) is 0. The first kappa shape index (κ1) is 8.88. The van der Waals surface area contributed by atoms with Crippen molar-refractivity contribution in [2.45, 2.75) is 0 Å². The summed E-state index contributed by atoms with van der Waals surface area (Å²) in [4.78, 5) is 0. The molecule has 0 fully saturated rings. The molecule has 0 spiro atoms. The Morgan fingerprint density at radius 3 is 2.50 bits per heavy atom. The molecule has 0 amide bonds. The van der Waals surface area contributed by atoms with Gasteiger partial charge in [0, 0.05) is 5.56 Å². The molecule has 0 aromatic heterocycles. The number of benzene rings is 2. The second kappa shape index (κ2) is 3.58. The number of hydrogen-bond acceptors (Lipinski definition) is 0. The molecular weight excluding hydrogens is 182 g/mol. The van der Waals surface area contributed by atoms with Crippen LogP contribution in [0.3, 0.4) is 0 Å². The van der Waals surface area contributed by atoms with Gasteiger partial charge in [-0.1, -0.05) is 42.5 Å². The maximum atomic E-state index is 13.1. The highest BCUT2D eigenvalue weighted by Crippen LogP contribution is 2.25. The molecule has 0 aliphatic rings. The third-order valence-corrected chi connectivity index (χ3v) is 2.14. The van der Waals surface area contributed by atoms with E-state index in [1.165, 1.54) is 0 Å². The quantitative estimate of drug-likeness (QED) is 0.635. The lowest BCUT2D eigenvalue weighted by Crippen LogP contribution is -1.80. The summed E-state index contributed by atoms with van der Waals surface area (Å²) in [6.45, 7) is 0. The third-order valence-electron chi connectivity index (χ3n) is 2.14. The van der Waals surface area contributed by atoms with Gasteiger partial charge < -0.3 is 0 Å². The van der Waals surface area contributed by atoms with E-state index in [0.717, 1.165) is 10.8 Å². The molecule has 0 aliphatic heterocycles. The fourth-order valence-electron chi connectivity index (χ4n) is 1.49. The van der Waals surface area contributed by atoms with Gasteiger partial charge in [-0.05, 0) is 10.8 Å². The minimum Gasteiger partial charge on any atom is -0.212 e. The van der Waals surface area contributed by atoms with Crippen LogP contribution in [0.15, 0.2) is 48.8 Å². The second-order valence-electron chi connectivity index (χ2n) is 2.98. The van der Waals surface area contributed by atoms with Gasteiger partial charge in [0.25, 0.3) is 0 Å². The van der Waals surface area contributed by atoms with E-state index in [2.05, 4.69) is 0 Å². The van der Waals surface area contributed by atoms with Crippen LogP contribution < -0.4 is 0 Å². The average molecular weight is 190 g/mol. The average Bonchev–Trinajstić information content (AvgIpc) is 2.27. The summed E-state index contributed by atoms with van der Waals surface area (Å²) in [5.74, 6) is -0.832. The maximum Gasteiger partial charge on any atom is 0.159 e. The Bertz CT molecular complexity index is 481. The van der Waals surface area contributed by atoms with Gasteiger partial charge in [-0.25, -0.2) is 8.78 Å². The van der Waals surface area contributed by atoms with E-state index in [0.29, 0.717) is 5.56 Å². The van der Waals surface area contributed by atoms with E-state index in [1.54, 1.807) is 24.3 Å². The van der Waals surface area contributed by atoms with Crippen molar-refractivity contribution >= 4 is 16.6 Å². The number of fused-ring (bicyclic) bond motifs is 1. The van der Waals surface area contributed by atoms with E-state index in [4.69, 9.17) is 0 Å². The number of halogens is 2. The fourth-order valence-corrected chi connectivity index (χ4v) is 1.49. The molecule has 0 nitrogen and oxygen atoms in total. The van der Waals surface area contributed by atoms with Gasteiger partial charge in [0.05, 0.1) is 0 Å². The van der Waals surface area contributed by atoms with E-state index < -0.39 is 5.83 Å². The molecule has 0 bridgehead atoms. The second-order valence-corrected chi connectivity index (χ2v) is 2.98. The van der Waals surface area contributed by atoms with E-state index in [1.807, 2.05) is 18.2 Å². The summed E-state index contributed by atoms with van der Waals surface area (Å²) in [6, 6.07) is 12.4. The summed E-state index contributed by atoms with van der Waals surface area (Å²) >= 11 is 0. The minimum absolute atomic E-state index is 0.0121. The lowest BCUT2D eigenvalue weighted by atomic mass is 10.0. The lowest BCUT2D eigenvalue weighted by Gasteiger charge is -2.02. The molecule has 70 valence electrons. The van der Waals surface area contributed by atoms with Crippen molar-refractivity contribution in [1.29, 1.82) is 0 Å². The predicted octanol–water partition coefficient (Wildman–Crippen LogP) is 4.08. The van der Waals surface area contributed by atoms with Crippen molar-refractivity contribution in [1.82, 2.24) is 0 Å². The zero-order valence-corrected chi connectivity index (χ0v) is 7.37. The molecule has 0 radical (unpaired) electrons. The normalized spacial score (nSPS) is 12.0. The Kier molecular flexibility index (Phi) is 2.27. The van der Waals surface area contributed by atoms with Crippen molar-refractivity contribution in [2.75, 3.05) is 0 Å². The van der Waals surface area contributed by atoms with Crippen molar-refractivity contribution in [2.24, 2.45) is 0 Å². The Balaban J connectivity index is 2.77. The van der Waals surface area contributed by atoms with Crippen LogP contribution in [-0.4, -0.2) is 0 Å². The first-order valence-electron chi connectivity index (χ1n) is 4.27. The molecule has 2 rings (SSSR count). The van der Waals surface area contributed by atoms with Gasteiger partial charge in [-0.3, -0.25) is 0 Å². The van der Waals surface area contributed by atoms with Crippen LogP contribution in [0.25, 0.3) is 16.6 Å².